The van der Waals surface area contributed by atoms with Crippen molar-refractivity contribution in [2.24, 2.45) is 4.99 Å². The maximum Gasteiger partial charge on any atom is 0.259 e. The highest BCUT2D eigenvalue weighted by Crippen LogP contribution is 2.50. The van der Waals surface area contributed by atoms with E-state index >= 15 is 0 Å². The Bertz CT molecular complexity index is 1670. The number of rotatable bonds is 11. The zero-order chi connectivity index (χ0) is 31.4. The van der Waals surface area contributed by atoms with Crippen molar-refractivity contribution in [1.82, 2.24) is 4.90 Å². The second-order valence-electron chi connectivity index (χ2n) is 11.1. The molecule has 1 fully saturated rings. The van der Waals surface area contributed by atoms with E-state index in [1.54, 1.807) is 59.5 Å². The third kappa shape index (κ3) is 6.18. The van der Waals surface area contributed by atoms with E-state index in [0.717, 1.165) is 0 Å². The van der Waals surface area contributed by atoms with Crippen LogP contribution in [0.4, 0.5) is 5.69 Å². The second kappa shape index (κ2) is 13.0. The second-order valence-corrected chi connectivity index (χ2v) is 13.2. The number of hydrogen-bond acceptors (Lipinski definition) is 9. The lowest BCUT2D eigenvalue weighted by molar-refractivity contribution is -0.136. The first-order valence-corrected chi connectivity index (χ1v) is 16.6. The molecule has 236 valence electrons. The van der Waals surface area contributed by atoms with Gasteiger partial charge in [-0.25, -0.2) is 13.4 Å². The smallest absolute Gasteiger partial charge is 0.259 e. The number of aliphatic hydroxyl groups excluding tert-OH is 1. The summed E-state index contributed by atoms with van der Waals surface area (Å²) >= 11 is 0. The van der Waals surface area contributed by atoms with Crippen molar-refractivity contribution in [2.45, 2.75) is 29.4 Å². The number of ether oxygens (including phenoxy) is 3. The van der Waals surface area contributed by atoms with Crippen LogP contribution in [-0.2, 0) is 28.9 Å². The van der Waals surface area contributed by atoms with Gasteiger partial charge in [0.1, 0.15) is 12.3 Å². The van der Waals surface area contributed by atoms with E-state index in [1.807, 2.05) is 12.1 Å². The summed E-state index contributed by atoms with van der Waals surface area (Å²) in [6, 6.07) is 22.3. The molecule has 0 aromatic heterocycles. The van der Waals surface area contributed by atoms with Gasteiger partial charge in [0.05, 0.1) is 36.2 Å². The molecule has 12 heteroatoms. The van der Waals surface area contributed by atoms with Gasteiger partial charge >= 0.3 is 0 Å². The van der Waals surface area contributed by atoms with E-state index in [0.29, 0.717) is 61.9 Å². The Morgan fingerprint density at radius 3 is 2.44 bits per heavy atom. The number of morpholine rings is 1. The van der Waals surface area contributed by atoms with Gasteiger partial charge < -0.3 is 29.1 Å². The van der Waals surface area contributed by atoms with Gasteiger partial charge in [-0.05, 0) is 42.5 Å². The molecule has 0 bridgehead atoms. The van der Waals surface area contributed by atoms with E-state index in [9.17, 15) is 18.0 Å². The Morgan fingerprint density at radius 1 is 1.00 bits per heavy atom. The van der Waals surface area contributed by atoms with Crippen LogP contribution in [0.15, 0.2) is 88.8 Å². The minimum Gasteiger partial charge on any atom is -0.494 e. The quantitative estimate of drug-likeness (QED) is 0.319. The maximum absolute atomic E-state index is 14.6. The third-order valence-electron chi connectivity index (χ3n) is 8.27. The molecule has 45 heavy (non-hydrogen) atoms. The molecule has 3 aliphatic heterocycles. The summed E-state index contributed by atoms with van der Waals surface area (Å²) in [4.78, 5) is 36.2. The minimum atomic E-state index is -3.78. The van der Waals surface area contributed by atoms with Crippen LogP contribution in [0.1, 0.15) is 30.1 Å². The topological polar surface area (TPSA) is 135 Å². The number of carbonyl (C=O) groups is 2. The number of para-hydroxylation sites is 1. The number of nitrogens with zero attached hydrogens (tertiary/aromatic N) is 3. The molecule has 6 rings (SSSR count). The van der Waals surface area contributed by atoms with Gasteiger partial charge in [-0.1, -0.05) is 36.4 Å². The van der Waals surface area contributed by atoms with Gasteiger partial charge in [-0.2, -0.15) is 0 Å². The predicted molar refractivity (Wildman–Crippen MR) is 166 cm³/mol. The lowest BCUT2D eigenvalue weighted by atomic mass is 9.80. The molecule has 3 aromatic carbocycles. The molecule has 2 amide bonds. The van der Waals surface area contributed by atoms with Gasteiger partial charge in [-0.3, -0.25) is 9.59 Å². The van der Waals surface area contributed by atoms with E-state index in [1.165, 1.54) is 17.0 Å². The van der Waals surface area contributed by atoms with Gasteiger partial charge in [0, 0.05) is 43.7 Å². The van der Waals surface area contributed by atoms with Crippen LogP contribution in [-0.4, -0.2) is 93.5 Å². The number of amides is 2. The summed E-state index contributed by atoms with van der Waals surface area (Å²) in [6.45, 7) is 1.86. The fourth-order valence-corrected chi connectivity index (χ4v) is 7.26. The Balaban J connectivity index is 1.38. The molecule has 0 unspecified atom stereocenters. The highest BCUT2D eigenvalue weighted by molar-refractivity contribution is 7.91. The fourth-order valence-electron chi connectivity index (χ4n) is 5.87. The molecule has 1 saturated heterocycles. The number of carbonyl (C=O) groups excluding carboxylic acids is 2. The number of benzene rings is 3. The van der Waals surface area contributed by atoms with Crippen molar-refractivity contribution in [2.75, 3.05) is 56.7 Å². The van der Waals surface area contributed by atoms with E-state index in [-0.39, 0.29) is 42.0 Å². The van der Waals surface area contributed by atoms with Gasteiger partial charge in [0.15, 0.2) is 21.5 Å². The first kappa shape index (κ1) is 30.8. The molecule has 3 aliphatic rings. The van der Waals surface area contributed by atoms with Crippen molar-refractivity contribution >= 4 is 33.2 Å². The van der Waals surface area contributed by atoms with E-state index < -0.39 is 27.4 Å². The molecule has 1 N–H and O–H groups in total. The predicted octanol–water partition coefficient (Wildman–Crippen LogP) is 2.77. The summed E-state index contributed by atoms with van der Waals surface area (Å²) in [5.74, 6) is -0.281. The van der Waals surface area contributed by atoms with Crippen molar-refractivity contribution in [3.8, 4) is 5.75 Å². The Kier molecular flexibility index (Phi) is 8.88. The molecule has 3 aromatic rings. The van der Waals surface area contributed by atoms with Crippen LogP contribution in [0.3, 0.4) is 0 Å². The zero-order valence-electron chi connectivity index (χ0n) is 24.7. The lowest BCUT2D eigenvalue weighted by Gasteiger charge is -2.42. The Labute approximate surface area is 262 Å². The zero-order valence-corrected chi connectivity index (χ0v) is 25.5. The van der Waals surface area contributed by atoms with Crippen LogP contribution in [0.25, 0.3) is 0 Å². The number of hydrogen-bond donors (Lipinski definition) is 1. The number of fused-ring (bicyclic) bond motifs is 3. The van der Waals surface area contributed by atoms with Gasteiger partial charge in [0.2, 0.25) is 11.8 Å². The Morgan fingerprint density at radius 2 is 1.71 bits per heavy atom. The summed E-state index contributed by atoms with van der Waals surface area (Å²) in [5.41, 5.74) is 0.129. The standard InChI is InChI=1S/C33H35N3O8S/c37-18-6-19-43-25-13-11-24(12-14-25)31-34-33(15-22-45(40,41)26-7-2-1-3-8-26)30(44-31)27-9-4-5-10-28(27)36(32(33)39)23-29(38)35-16-20-42-21-17-35/h1-5,7-14,30,37H,6,15-23H2/t30-,33-/m0/s1. The lowest BCUT2D eigenvalue weighted by Crippen LogP contribution is -2.57. The van der Waals surface area contributed by atoms with Gasteiger partial charge in [-0.15, -0.1) is 0 Å². The average molecular weight is 634 g/mol. The fraction of sp³-hybridized carbons (Fsp3) is 0.364. The molecule has 0 radical (unpaired) electrons. The highest BCUT2D eigenvalue weighted by atomic mass is 32.2. The third-order valence-corrected chi connectivity index (χ3v) is 10.0. The van der Waals surface area contributed by atoms with Crippen LogP contribution < -0.4 is 9.64 Å². The number of anilines is 1. The first-order chi connectivity index (χ1) is 21.8. The molecule has 0 saturated carbocycles. The number of sulfone groups is 1. The summed E-state index contributed by atoms with van der Waals surface area (Å²) in [6.07, 6.45) is -0.562. The van der Waals surface area contributed by atoms with Crippen molar-refractivity contribution in [3.05, 3.63) is 90.0 Å². The number of aliphatic hydroxyl groups is 1. The van der Waals surface area contributed by atoms with Crippen molar-refractivity contribution in [1.29, 1.82) is 0 Å². The first-order valence-electron chi connectivity index (χ1n) is 15.0. The normalized spacial score (nSPS) is 21.0. The van der Waals surface area contributed by atoms with E-state index in [2.05, 4.69) is 0 Å². The molecular weight excluding hydrogens is 598 g/mol. The summed E-state index contributed by atoms with van der Waals surface area (Å²) in [7, 11) is -3.78. The molecule has 0 spiro atoms. The van der Waals surface area contributed by atoms with Crippen LogP contribution >= 0.6 is 0 Å². The minimum absolute atomic E-state index is 0.0246. The van der Waals surface area contributed by atoms with Gasteiger partial charge in [0.25, 0.3) is 5.91 Å². The summed E-state index contributed by atoms with van der Waals surface area (Å²) < 4.78 is 44.4. The SMILES string of the molecule is O=C(CN1C(=O)[C@@]2(CCS(=O)(=O)c3ccccc3)N=C(c3ccc(OCCCO)cc3)O[C@H]2c2ccccc21)N1CCOCC1. The molecular formula is C33H35N3O8S. The van der Waals surface area contributed by atoms with Crippen LogP contribution in [0.5, 0.6) is 5.75 Å². The summed E-state index contributed by atoms with van der Waals surface area (Å²) in [5, 5.41) is 9.03. The monoisotopic (exact) mass is 633 g/mol. The molecule has 2 atom stereocenters. The van der Waals surface area contributed by atoms with E-state index in [4.69, 9.17) is 24.3 Å². The molecule has 0 aliphatic carbocycles. The largest absolute Gasteiger partial charge is 0.494 e. The van der Waals surface area contributed by atoms with Crippen LogP contribution in [0.2, 0.25) is 0 Å². The molecule has 3 heterocycles. The molecule has 11 nitrogen and oxygen atoms in total. The Hall–Kier alpha value is -4.26. The highest BCUT2D eigenvalue weighted by Gasteiger charge is 2.59. The number of aliphatic imine (C=N–C) groups is 1. The van der Waals surface area contributed by atoms with Crippen molar-refractivity contribution < 1.29 is 37.3 Å². The van der Waals surface area contributed by atoms with Crippen molar-refractivity contribution in [3.63, 3.8) is 0 Å². The van der Waals surface area contributed by atoms with Crippen LogP contribution in [0, 0.1) is 0 Å². The maximum atomic E-state index is 14.6. The average Bonchev–Trinajstić information content (AvgIpc) is 3.48.